The molecule has 0 unspecified atom stereocenters. The Labute approximate surface area is 180 Å². The highest BCUT2D eigenvalue weighted by molar-refractivity contribution is 5.84. The van der Waals surface area contributed by atoms with Gasteiger partial charge in [-0.2, -0.15) is 0 Å². The number of likely N-dealkylation sites (tertiary alicyclic amines) is 1. The second-order valence-corrected chi connectivity index (χ2v) is 8.59. The van der Waals surface area contributed by atoms with Gasteiger partial charge in [0.2, 0.25) is 0 Å². The van der Waals surface area contributed by atoms with Crippen LogP contribution in [0.2, 0.25) is 0 Å². The minimum atomic E-state index is -0.0127. The maximum atomic E-state index is 12.0. The van der Waals surface area contributed by atoms with Crippen LogP contribution in [0.5, 0.6) is 0 Å². The summed E-state index contributed by atoms with van der Waals surface area (Å²) < 4.78 is 5.20. The lowest BCUT2D eigenvalue weighted by atomic mass is 9.92. The Balaban J connectivity index is 1.47. The summed E-state index contributed by atoms with van der Waals surface area (Å²) in [5.41, 5.74) is 8.42. The van der Waals surface area contributed by atoms with Crippen LogP contribution in [0.15, 0.2) is 48.5 Å². The molecular formula is C27H33NO2. The highest BCUT2D eigenvalue weighted by Crippen LogP contribution is 2.34. The molecule has 0 N–H and O–H groups in total. The van der Waals surface area contributed by atoms with E-state index in [1.54, 1.807) is 0 Å². The molecule has 1 fully saturated rings. The maximum Gasteiger partial charge on any atom is 0.309 e. The van der Waals surface area contributed by atoms with E-state index in [4.69, 9.17) is 4.74 Å². The molecule has 30 heavy (non-hydrogen) atoms. The molecule has 0 bridgehead atoms. The Hall–Kier alpha value is -2.39. The minimum absolute atomic E-state index is 0.0127. The Morgan fingerprint density at radius 2 is 1.80 bits per heavy atom. The second kappa shape index (κ2) is 9.61. The number of aryl methyl sites for hydroxylation is 3. The van der Waals surface area contributed by atoms with Crippen LogP contribution in [-0.2, 0) is 22.4 Å². The molecule has 1 heterocycles. The molecule has 3 nitrogen and oxygen atoms in total. The molecule has 0 radical (unpaired) electrons. The van der Waals surface area contributed by atoms with Crippen molar-refractivity contribution in [3.63, 3.8) is 0 Å². The Morgan fingerprint density at radius 1 is 1.07 bits per heavy atom. The van der Waals surface area contributed by atoms with Gasteiger partial charge in [0.15, 0.2) is 0 Å². The molecule has 1 saturated heterocycles. The fraction of sp³-hybridized carbons (Fsp3) is 0.444. The van der Waals surface area contributed by atoms with Gasteiger partial charge in [0.25, 0.3) is 0 Å². The summed E-state index contributed by atoms with van der Waals surface area (Å²) in [5, 5.41) is 0. The topological polar surface area (TPSA) is 29.5 Å². The molecule has 4 rings (SSSR count). The van der Waals surface area contributed by atoms with Gasteiger partial charge in [-0.1, -0.05) is 54.1 Å². The minimum Gasteiger partial charge on any atom is -0.466 e. The number of carbonyl (C=O) groups excluding carboxylic acids is 1. The van der Waals surface area contributed by atoms with Crippen molar-refractivity contribution in [3.8, 4) is 0 Å². The summed E-state index contributed by atoms with van der Waals surface area (Å²) in [5.74, 6) is 0.0736. The van der Waals surface area contributed by atoms with Gasteiger partial charge < -0.3 is 9.64 Å². The highest BCUT2D eigenvalue weighted by Gasteiger charge is 2.25. The average Bonchev–Trinajstić information content (AvgIpc) is 2.91. The molecule has 1 aliphatic carbocycles. The first kappa shape index (κ1) is 20.9. The van der Waals surface area contributed by atoms with Gasteiger partial charge in [-0.15, -0.1) is 0 Å². The van der Waals surface area contributed by atoms with E-state index in [-0.39, 0.29) is 11.9 Å². The van der Waals surface area contributed by atoms with Crippen LogP contribution in [0.4, 0.5) is 0 Å². The number of carbonyl (C=O) groups is 1. The summed E-state index contributed by atoms with van der Waals surface area (Å²) in [4.78, 5) is 14.5. The van der Waals surface area contributed by atoms with Crippen LogP contribution in [0.1, 0.15) is 54.0 Å². The van der Waals surface area contributed by atoms with Crippen LogP contribution < -0.4 is 0 Å². The molecule has 3 heteroatoms. The third-order valence-corrected chi connectivity index (χ3v) is 6.53. The summed E-state index contributed by atoms with van der Waals surface area (Å²) in [7, 11) is 0. The summed E-state index contributed by atoms with van der Waals surface area (Å²) in [6.45, 7) is 7.56. The zero-order valence-electron chi connectivity index (χ0n) is 18.3. The lowest BCUT2D eigenvalue weighted by Crippen LogP contribution is -2.37. The number of hydrogen-bond acceptors (Lipinski definition) is 3. The van der Waals surface area contributed by atoms with Gasteiger partial charge in [-0.3, -0.25) is 4.79 Å². The molecule has 2 aromatic rings. The lowest BCUT2D eigenvalue weighted by molar-refractivity contribution is -0.149. The number of benzene rings is 2. The van der Waals surface area contributed by atoms with E-state index in [0.29, 0.717) is 6.61 Å². The predicted molar refractivity (Wildman–Crippen MR) is 123 cm³/mol. The SMILES string of the molecule is CCOC(=O)C1CCN(CCC=C2c3ccccc3CCc3ccc(C)cc32)CC1. The van der Waals surface area contributed by atoms with Crippen LogP contribution in [0.25, 0.3) is 5.57 Å². The summed E-state index contributed by atoms with van der Waals surface area (Å²) in [6, 6.07) is 15.8. The lowest BCUT2D eigenvalue weighted by Gasteiger charge is -2.30. The van der Waals surface area contributed by atoms with Crippen molar-refractivity contribution in [2.45, 2.75) is 46.0 Å². The van der Waals surface area contributed by atoms with E-state index in [1.165, 1.54) is 33.4 Å². The predicted octanol–water partition coefficient (Wildman–Crippen LogP) is 5.19. The van der Waals surface area contributed by atoms with Crippen molar-refractivity contribution in [1.29, 1.82) is 0 Å². The molecule has 0 atom stereocenters. The van der Waals surface area contributed by atoms with E-state index in [9.17, 15) is 4.79 Å². The second-order valence-electron chi connectivity index (χ2n) is 8.59. The Kier molecular flexibility index (Phi) is 6.69. The molecule has 1 aliphatic heterocycles. The molecular weight excluding hydrogens is 370 g/mol. The molecule has 0 spiro atoms. The van der Waals surface area contributed by atoms with Crippen LogP contribution in [0, 0.1) is 12.8 Å². The molecule has 2 aliphatic rings. The first-order valence-corrected chi connectivity index (χ1v) is 11.4. The van der Waals surface area contributed by atoms with E-state index in [2.05, 4.69) is 60.4 Å². The van der Waals surface area contributed by atoms with E-state index >= 15 is 0 Å². The van der Waals surface area contributed by atoms with E-state index in [0.717, 1.165) is 51.7 Å². The van der Waals surface area contributed by atoms with Gasteiger partial charge in [0.05, 0.1) is 12.5 Å². The van der Waals surface area contributed by atoms with Crippen molar-refractivity contribution in [2.24, 2.45) is 5.92 Å². The van der Waals surface area contributed by atoms with Crippen LogP contribution >= 0.6 is 0 Å². The third-order valence-electron chi connectivity index (χ3n) is 6.53. The zero-order valence-corrected chi connectivity index (χ0v) is 18.3. The first-order chi connectivity index (χ1) is 14.7. The largest absolute Gasteiger partial charge is 0.466 e. The zero-order chi connectivity index (χ0) is 20.9. The van der Waals surface area contributed by atoms with Gasteiger partial charge in [0.1, 0.15) is 0 Å². The quantitative estimate of drug-likeness (QED) is 0.644. The number of ether oxygens (including phenoxy) is 1. The smallest absolute Gasteiger partial charge is 0.309 e. The Bertz CT molecular complexity index is 922. The van der Waals surface area contributed by atoms with E-state index < -0.39 is 0 Å². The van der Waals surface area contributed by atoms with Gasteiger partial charge in [-0.05, 0) is 86.9 Å². The number of nitrogens with zero attached hydrogens (tertiary/aromatic N) is 1. The maximum absolute atomic E-state index is 12.0. The monoisotopic (exact) mass is 403 g/mol. The van der Waals surface area contributed by atoms with Crippen molar-refractivity contribution in [2.75, 3.05) is 26.2 Å². The summed E-state index contributed by atoms with van der Waals surface area (Å²) in [6.07, 6.45) is 7.51. The number of fused-ring (bicyclic) bond motifs is 2. The standard InChI is InChI=1S/C27H33NO2/c1-3-30-27(29)23-14-17-28(18-15-23)16-6-9-25-24-8-5-4-7-21(24)12-13-22-11-10-20(2)19-26(22)25/h4-5,7-11,19,23H,3,6,12-18H2,1-2H3. The van der Waals surface area contributed by atoms with Gasteiger partial charge in [-0.25, -0.2) is 0 Å². The fourth-order valence-corrected chi connectivity index (χ4v) is 4.84. The Morgan fingerprint density at radius 3 is 2.57 bits per heavy atom. The fourth-order valence-electron chi connectivity index (χ4n) is 4.84. The molecule has 0 aromatic heterocycles. The normalized spacial score (nSPS) is 18.5. The molecule has 2 aromatic carbocycles. The van der Waals surface area contributed by atoms with Crippen molar-refractivity contribution < 1.29 is 9.53 Å². The molecule has 158 valence electrons. The highest BCUT2D eigenvalue weighted by atomic mass is 16.5. The molecule has 0 saturated carbocycles. The van der Waals surface area contributed by atoms with E-state index in [1.807, 2.05) is 6.92 Å². The van der Waals surface area contributed by atoms with Crippen LogP contribution in [-0.4, -0.2) is 37.1 Å². The van der Waals surface area contributed by atoms with Crippen LogP contribution in [0.3, 0.4) is 0 Å². The first-order valence-electron chi connectivity index (χ1n) is 11.4. The van der Waals surface area contributed by atoms with Crippen molar-refractivity contribution >= 4 is 11.5 Å². The average molecular weight is 404 g/mol. The summed E-state index contributed by atoms with van der Waals surface area (Å²) >= 11 is 0. The number of piperidine rings is 1. The number of esters is 1. The van der Waals surface area contributed by atoms with Crippen molar-refractivity contribution in [1.82, 2.24) is 4.90 Å². The molecule has 0 amide bonds. The number of hydrogen-bond donors (Lipinski definition) is 0. The van der Waals surface area contributed by atoms with Gasteiger partial charge >= 0.3 is 5.97 Å². The van der Waals surface area contributed by atoms with Gasteiger partial charge in [0, 0.05) is 6.54 Å². The third kappa shape index (κ3) is 4.67. The van der Waals surface area contributed by atoms with Crippen molar-refractivity contribution in [3.05, 3.63) is 76.4 Å². The number of rotatable bonds is 5.